The van der Waals surface area contributed by atoms with Crippen LogP contribution < -0.4 is 18.3 Å². The van der Waals surface area contributed by atoms with Gasteiger partial charge in [0.25, 0.3) is 6.57 Å². The molecule has 0 aliphatic carbocycles. The molecule has 2 aliphatic rings. The van der Waals surface area contributed by atoms with Gasteiger partial charge in [-0.3, -0.25) is 4.79 Å². The van der Waals surface area contributed by atoms with Gasteiger partial charge in [0, 0.05) is 63.2 Å². The van der Waals surface area contributed by atoms with Gasteiger partial charge >= 0.3 is 6.64 Å². The molecule has 41 heavy (non-hydrogen) atoms. The van der Waals surface area contributed by atoms with Gasteiger partial charge in [-0.15, -0.1) is 0 Å². The summed E-state index contributed by atoms with van der Waals surface area (Å²) in [5.74, 6) is 0.340. The van der Waals surface area contributed by atoms with Crippen LogP contribution >= 0.6 is 13.2 Å². The fourth-order valence-electron chi connectivity index (χ4n) is 5.10. The van der Waals surface area contributed by atoms with E-state index in [2.05, 4.69) is 9.34 Å². The average Bonchev–Trinajstić information content (AvgIpc) is 3.28. The number of fused-ring (bicyclic) bond motifs is 2. The zero-order valence-corrected chi connectivity index (χ0v) is 27.7. The topological polar surface area (TPSA) is 104 Å². The van der Waals surface area contributed by atoms with Crippen LogP contribution in [0.4, 0.5) is 0 Å². The van der Waals surface area contributed by atoms with Crippen molar-refractivity contribution in [3.05, 3.63) is 41.5 Å². The van der Waals surface area contributed by atoms with E-state index >= 15 is 0 Å². The van der Waals surface area contributed by atoms with Crippen molar-refractivity contribution in [3.63, 3.8) is 0 Å². The molecule has 0 bridgehead atoms. The summed E-state index contributed by atoms with van der Waals surface area (Å²) in [6.45, 7) is 10.8. The van der Waals surface area contributed by atoms with E-state index in [-0.39, 0.29) is 22.8 Å². The number of aromatic hydroxyl groups is 1. The van der Waals surface area contributed by atoms with Gasteiger partial charge in [-0.2, -0.15) is 0 Å². The second-order valence-corrected chi connectivity index (χ2v) is 16.5. The molecule has 10 nitrogen and oxygen atoms in total. The number of nitrogens with zero attached hydrogens (tertiary/aromatic N) is 3. The predicted molar refractivity (Wildman–Crippen MR) is 167 cm³/mol. The number of aliphatic hydroxyl groups excluding tert-OH is 1. The first kappa shape index (κ1) is 32.2. The van der Waals surface area contributed by atoms with E-state index in [4.69, 9.17) is 41.9 Å². The molecule has 2 heterocycles. The lowest BCUT2D eigenvalue weighted by Gasteiger charge is -2.40. The standard InChI is InChI=1S/C27H39N3O7P2S2/c1-7-28(8-2)38(40,29(9-3)10-4)35-19-16-20(31)24-23(17-19)34-27(26(33)25(24)32)18-13-14-21-22(15-18)37-39(41,36-21)30(11-5)12-6/h13-17,26-27,31,33H,7-12H2,1-6H3. The monoisotopic (exact) mass is 643 g/mol. The highest BCUT2D eigenvalue weighted by atomic mass is 32.5. The summed E-state index contributed by atoms with van der Waals surface area (Å²) in [4.78, 5) is 13.3. The Bertz CT molecular complexity index is 1370. The first-order chi connectivity index (χ1) is 19.5. The van der Waals surface area contributed by atoms with E-state index in [1.54, 1.807) is 24.3 Å². The number of phenols is 1. The smallest absolute Gasteiger partial charge is 0.368 e. The minimum absolute atomic E-state index is 0.0992. The lowest BCUT2D eigenvalue weighted by molar-refractivity contribution is 0.0211. The number of carbonyl (C=O) groups excluding carboxylic acids is 1. The zero-order valence-electron chi connectivity index (χ0n) is 24.3. The van der Waals surface area contributed by atoms with Crippen LogP contribution in [0.5, 0.6) is 28.7 Å². The maximum absolute atomic E-state index is 13.3. The number of benzene rings is 2. The Morgan fingerprint density at radius 2 is 1.49 bits per heavy atom. The summed E-state index contributed by atoms with van der Waals surface area (Å²) < 4.78 is 31.0. The summed E-state index contributed by atoms with van der Waals surface area (Å²) in [6, 6.07) is 8.02. The minimum Gasteiger partial charge on any atom is -0.507 e. The van der Waals surface area contributed by atoms with Crippen LogP contribution in [-0.2, 0) is 23.6 Å². The predicted octanol–water partition coefficient (Wildman–Crippen LogP) is 5.69. The number of rotatable bonds is 12. The van der Waals surface area contributed by atoms with Crippen LogP contribution in [0, 0.1) is 0 Å². The maximum Gasteiger partial charge on any atom is 0.368 e. The van der Waals surface area contributed by atoms with Crippen molar-refractivity contribution in [2.45, 2.75) is 53.8 Å². The number of Topliss-reactive ketones (excluding diaryl/α,β-unsaturated/α-hetero) is 1. The molecule has 14 heteroatoms. The Hall–Kier alpha value is -1.75. The molecule has 3 atom stereocenters. The summed E-state index contributed by atoms with van der Waals surface area (Å²) in [5, 5.41) is 21.8. The SMILES string of the molecule is CCN(CC)P1(=S)Oc2ccc(C3Oc4cc(OP(=S)(N(CC)CC)N(CC)CC)cc(O)c4C(=O)C3O)cc2O1. The number of hydrogen-bond donors (Lipinski definition) is 2. The van der Waals surface area contributed by atoms with E-state index in [0.717, 1.165) is 0 Å². The molecule has 0 spiro atoms. The van der Waals surface area contributed by atoms with E-state index in [1.807, 2.05) is 46.2 Å². The van der Waals surface area contributed by atoms with Crippen LogP contribution in [0.3, 0.4) is 0 Å². The molecule has 3 unspecified atom stereocenters. The van der Waals surface area contributed by atoms with Crippen LogP contribution in [0.1, 0.15) is 63.6 Å². The molecule has 0 radical (unpaired) electrons. The van der Waals surface area contributed by atoms with E-state index < -0.39 is 31.2 Å². The molecule has 0 fully saturated rings. The van der Waals surface area contributed by atoms with Gasteiger partial charge in [0.15, 0.2) is 23.7 Å². The Labute approximate surface area is 252 Å². The van der Waals surface area contributed by atoms with Gasteiger partial charge in [-0.05, 0) is 29.5 Å². The minimum atomic E-state index is -2.73. The fraction of sp³-hybridized carbons (Fsp3) is 0.519. The maximum atomic E-state index is 13.3. The molecule has 2 aliphatic heterocycles. The molecule has 226 valence electrons. The number of carbonyl (C=O) groups is 1. The first-order valence-corrected chi connectivity index (χ1v) is 19.2. The molecule has 4 rings (SSSR count). The third kappa shape index (κ3) is 5.91. The molecule has 2 aromatic rings. The molecule has 0 aromatic heterocycles. The largest absolute Gasteiger partial charge is 0.507 e. The van der Waals surface area contributed by atoms with Gasteiger partial charge in [-0.25, -0.2) is 14.0 Å². The number of aliphatic hydroxyl groups is 1. The Morgan fingerprint density at radius 1 is 0.902 bits per heavy atom. The third-order valence-corrected chi connectivity index (χ3v) is 15.2. The van der Waals surface area contributed by atoms with E-state index in [1.165, 1.54) is 6.07 Å². The highest BCUT2D eigenvalue weighted by molar-refractivity contribution is 8.10. The van der Waals surface area contributed by atoms with Gasteiger partial charge in [0.05, 0.1) is 0 Å². The highest BCUT2D eigenvalue weighted by Crippen LogP contribution is 2.61. The average molecular weight is 644 g/mol. The summed E-state index contributed by atoms with van der Waals surface area (Å²) in [5.41, 5.74) is 0.405. The molecular weight excluding hydrogens is 604 g/mol. The quantitative estimate of drug-likeness (QED) is 0.278. The molecule has 0 saturated carbocycles. The van der Waals surface area contributed by atoms with Gasteiger partial charge in [0.2, 0.25) is 5.78 Å². The molecule has 0 amide bonds. The molecule has 0 saturated heterocycles. The zero-order chi connectivity index (χ0) is 30.1. The molecule has 2 aromatic carbocycles. The van der Waals surface area contributed by atoms with Gasteiger partial charge in [0.1, 0.15) is 22.8 Å². The van der Waals surface area contributed by atoms with Crippen LogP contribution in [0.25, 0.3) is 0 Å². The van der Waals surface area contributed by atoms with Crippen LogP contribution in [0.15, 0.2) is 30.3 Å². The number of ketones is 1. The molecular formula is C27H39N3O7P2S2. The number of ether oxygens (including phenoxy) is 1. The lowest BCUT2D eigenvalue weighted by atomic mass is 9.92. The normalized spacial score (nSPS) is 21.9. The van der Waals surface area contributed by atoms with Crippen molar-refractivity contribution in [1.82, 2.24) is 14.0 Å². The van der Waals surface area contributed by atoms with Crippen molar-refractivity contribution in [2.75, 3.05) is 39.3 Å². The van der Waals surface area contributed by atoms with Gasteiger partial charge in [-0.1, -0.05) is 47.6 Å². The third-order valence-electron chi connectivity index (χ3n) is 7.31. The fourth-order valence-corrected chi connectivity index (χ4v) is 12.1. The van der Waals surface area contributed by atoms with Crippen molar-refractivity contribution in [2.24, 2.45) is 0 Å². The molecule has 2 N–H and O–H groups in total. The second-order valence-electron chi connectivity index (χ2n) is 9.52. The first-order valence-electron chi connectivity index (χ1n) is 13.9. The number of phenolic OH excluding ortho intramolecular Hbond substituents is 1. The summed E-state index contributed by atoms with van der Waals surface area (Å²) >= 11 is 11.9. The highest BCUT2D eigenvalue weighted by Gasteiger charge is 2.42. The summed E-state index contributed by atoms with van der Waals surface area (Å²) in [6.07, 6.45) is -2.61. The van der Waals surface area contributed by atoms with Crippen molar-refractivity contribution < 1.29 is 33.3 Å². The Balaban J connectivity index is 1.68. The van der Waals surface area contributed by atoms with E-state index in [9.17, 15) is 15.0 Å². The second kappa shape index (κ2) is 12.9. The van der Waals surface area contributed by atoms with Gasteiger partial charge < -0.3 is 28.5 Å². The van der Waals surface area contributed by atoms with Crippen LogP contribution in [0.2, 0.25) is 0 Å². The van der Waals surface area contributed by atoms with Crippen molar-refractivity contribution >= 4 is 42.6 Å². The lowest BCUT2D eigenvalue weighted by Crippen LogP contribution is -2.36. The summed E-state index contributed by atoms with van der Waals surface area (Å²) in [7, 11) is 0. The van der Waals surface area contributed by atoms with Crippen molar-refractivity contribution in [1.29, 1.82) is 0 Å². The number of hydrogen-bond acceptors (Lipinski definition) is 9. The van der Waals surface area contributed by atoms with E-state index in [0.29, 0.717) is 56.3 Å². The van der Waals surface area contributed by atoms with Crippen LogP contribution in [-0.4, -0.2) is 75.4 Å². The van der Waals surface area contributed by atoms with Crippen molar-refractivity contribution in [3.8, 4) is 28.7 Å². The Morgan fingerprint density at radius 3 is 2.05 bits per heavy atom. The Kier molecular flexibility index (Phi) is 10.1.